The number of hydrogen-bond donors (Lipinski definition) is 1. The molecule has 0 aromatic heterocycles. The Morgan fingerprint density at radius 2 is 1.69 bits per heavy atom. The molecule has 0 amide bonds. The van der Waals surface area contributed by atoms with Crippen LogP contribution in [0.3, 0.4) is 0 Å². The first kappa shape index (κ1) is 19.7. The van der Waals surface area contributed by atoms with Gasteiger partial charge in [-0.25, -0.2) is 17.9 Å². The van der Waals surface area contributed by atoms with E-state index in [0.29, 0.717) is 0 Å². The summed E-state index contributed by atoms with van der Waals surface area (Å²) in [6.07, 6.45) is -4.49. The van der Waals surface area contributed by atoms with Crippen LogP contribution in [0.2, 0.25) is 0 Å². The number of nitrogens with one attached hydrogen (secondary N) is 1. The van der Waals surface area contributed by atoms with E-state index in [1.54, 1.807) is 0 Å². The minimum absolute atomic E-state index is 0.0346. The number of ether oxygens (including phenoxy) is 2. The molecule has 0 radical (unpaired) electrons. The molecule has 140 valence electrons. The van der Waals surface area contributed by atoms with Gasteiger partial charge in [0.05, 0.1) is 17.6 Å². The quantitative estimate of drug-likeness (QED) is 0.795. The van der Waals surface area contributed by atoms with Gasteiger partial charge in [-0.05, 0) is 49.5 Å². The lowest BCUT2D eigenvalue weighted by atomic mass is 10.2. The molecule has 0 heterocycles. The fourth-order valence-corrected chi connectivity index (χ4v) is 2.75. The Morgan fingerprint density at radius 3 is 2.19 bits per heavy atom. The zero-order chi connectivity index (χ0) is 19.5. The summed E-state index contributed by atoms with van der Waals surface area (Å²) in [5.41, 5.74) is -1.04. The summed E-state index contributed by atoms with van der Waals surface area (Å²) in [6, 6.07) is 7.28. The molecule has 0 saturated heterocycles. The molecule has 0 saturated carbocycles. The first-order valence-corrected chi connectivity index (χ1v) is 8.58. The van der Waals surface area contributed by atoms with E-state index in [0.717, 1.165) is 37.4 Å². The summed E-state index contributed by atoms with van der Waals surface area (Å²) in [7, 11) is -1.50. The highest BCUT2D eigenvalue weighted by Crippen LogP contribution is 2.32. The molecule has 2 aromatic carbocycles. The van der Waals surface area contributed by atoms with Crippen molar-refractivity contribution in [2.45, 2.75) is 11.1 Å². The zero-order valence-electron chi connectivity index (χ0n) is 13.6. The van der Waals surface area contributed by atoms with Crippen LogP contribution in [0.5, 0.6) is 11.5 Å². The lowest BCUT2D eigenvalue weighted by molar-refractivity contribution is -0.137. The monoisotopic (exact) mass is 389 g/mol. The molecular formula is C16H14F3NO5S. The Bertz CT molecular complexity index is 908. The Morgan fingerprint density at radius 1 is 1.08 bits per heavy atom. The fraction of sp³-hybridized carbons (Fsp3) is 0.188. The Kier molecular flexibility index (Phi) is 5.57. The van der Waals surface area contributed by atoms with Gasteiger partial charge in [0.15, 0.2) is 0 Å². The summed E-state index contributed by atoms with van der Waals surface area (Å²) < 4.78 is 73.6. The average Bonchev–Trinajstić information content (AvgIpc) is 2.61. The van der Waals surface area contributed by atoms with Gasteiger partial charge in [0.25, 0.3) is 0 Å². The number of methoxy groups -OCH3 is 1. The lowest BCUT2D eigenvalue weighted by Crippen LogP contribution is -2.19. The van der Waals surface area contributed by atoms with Gasteiger partial charge in [-0.15, -0.1) is 0 Å². The number of halogens is 3. The molecular weight excluding hydrogens is 375 g/mol. The van der Waals surface area contributed by atoms with Crippen molar-refractivity contribution in [2.75, 3.05) is 14.2 Å². The number of hydrogen-bond acceptors (Lipinski definition) is 5. The molecule has 1 N–H and O–H groups in total. The largest absolute Gasteiger partial charge is 0.465 e. The molecule has 0 fully saturated rings. The van der Waals surface area contributed by atoms with Gasteiger partial charge in [0.1, 0.15) is 17.1 Å². The summed E-state index contributed by atoms with van der Waals surface area (Å²) >= 11 is 0. The first-order valence-electron chi connectivity index (χ1n) is 7.09. The van der Waals surface area contributed by atoms with Crippen LogP contribution in [0, 0.1) is 0 Å². The van der Waals surface area contributed by atoms with Crippen molar-refractivity contribution in [1.29, 1.82) is 0 Å². The van der Waals surface area contributed by atoms with Gasteiger partial charge >= 0.3 is 12.1 Å². The molecule has 10 heteroatoms. The number of sulfonamides is 1. The SMILES string of the molecule is CNS(=O)(=O)c1ccc(Oc2ccc(C(F)(F)F)cc2)c(C(=O)OC)c1. The van der Waals surface area contributed by atoms with E-state index < -0.39 is 27.7 Å². The van der Waals surface area contributed by atoms with Crippen LogP contribution in [-0.2, 0) is 20.9 Å². The van der Waals surface area contributed by atoms with E-state index in [1.807, 2.05) is 0 Å². The predicted molar refractivity (Wildman–Crippen MR) is 85.5 cm³/mol. The van der Waals surface area contributed by atoms with Crippen LogP contribution in [0.4, 0.5) is 13.2 Å². The van der Waals surface area contributed by atoms with Crippen LogP contribution in [0.15, 0.2) is 47.4 Å². The maximum Gasteiger partial charge on any atom is 0.416 e. The highest BCUT2D eigenvalue weighted by Gasteiger charge is 2.30. The second kappa shape index (κ2) is 7.34. The van der Waals surface area contributed by atoms with Gasteiger partial charge < -0.3 is 9.47 Å². The van der Waals surface area contributed by atoms with Crippen molar-refractivity contribution in [2.24, 2.45) is 0 Å². The van der Waals surface area contributed by atoms with Gasteiger partial charge in [-0.3, -0.25) is 0 Å². The Labute approximate surface area is 147 Å². The molecule has 2 rings (SSSR count). The summed E-state index contributed by atoms with van der Waals surface area (Å²) in [5, 5.41) is 0. The molecule has 0 atom stereocenters. The number of rotatable bonds is 5. The van der Waals surface area contributed by atoms with E-state index in [1.165, 1.54) is 19.2 Å². The van der Waals surface area contributed by atoms with Gasteiger partial charge in [0.2, 0.25) is 10.0 Å². The third-order valence-electron chi connectivity index (χ3n) is 3.34. The van der Waals surface area contributed by atoms with Gasteiger partial charge in [0, 0.05) is 0 Å². The Hall–Kier alpha value is -2.59. The Balaban J connectivity index is 2.41. The normalized spacial score (nSPS) is 11.9. The van der Waals surface area contributed by atoms with Crippen LogP contribution in [0.1, 0.15) is 15.9 Å². The topological polar surface area (TPSA) is 81.7 Å². The molecule has 6 nitrogen and oxygen atoms in total. The summed E-state index contributed by atoms with van der Waals surface area (Å²) in [6.45, 7) is 0. The molecule has 0 aliphatic heterocycles. The number of alkyl halides is 3. The summed E-state index contributed by atoms with van der Waals surface area (Å²) in [4.78, 5) is 11.7. The number of carbonyl (C=O) groups is 1. The van der Waals surface area contributed by atoms with Crippen LogP contribution >= 0.6 is 0 Å². The van der Waals surface area contributed by atoms with E-state index in [-0.39, 0.29) is 22.0 Å². The molecule has 0 unspecified atom stereocenters. The predicted octanol–water partition coefficient (Wildman–Crippen LogP) is 3.19. The van der Waals surface area contributed by atoms with Crippen molar-refractivity contribution in [3.05, 3.63) is 53.6 Å². The summed E-state index contributed by atoms with van der Waals surface area (Å²) in [5.74, 6) is -0.890. The fourth-order valence-electron chi connectivity index (χ4n) is 1.99. The van der Waals surface area contributed by atoms with Crippen molar-refractivity contribution in [3.63, 3.8) is 0 Å². The first-order chi connectivity index (χ1) is 12.1. The second-order valence-electron chi connectivity index (χ2n) is 4.98. The standard InChI is InChI=1S/C16H14F3NO5S/c1-20-26(22,23)12-7-8-14(13(9-12)15(21)24-2)25-11-5-3-10(4-6-11)16(17,18)19/h3-9,20H,1-2H3. The smallest absolute Gasteiger partial charge is 0.416 e. The van der Waals surface area contributed by atoms with Crippen molar-refractivity contribution < 1.29 is 35.9 Å². The van der Waals surface area contributed by atoms with Crippen LogP contribution < -0.4 is 9.46 Å². The molecule has 0 spiro atoms. The van der Waals surface area contributed by atoms with E-state index in [2.05, 4.69) is 9.46 Å². The minimum atomic E-state index is -4.49. The lowest BCUT2D eigenvalue weighted by Gasteiger charge is -2.13. The maximum absolute atomic E-state index is 12.6. The van der Waals surface area contributed by atoms with Crippen LogP contribution in [0.25, 0.3) is 0 Å². The third kappa shape index (κ3) is 4.33. The second-order valence-corrected chi connectivity index (χ2v) is 6.87. The minimum Gasteiger partial charge on any atom is -0.465 e. The van der Waals surface area contributed by atoms with Crippen molar-refractivity contribution in [1.82, 2.24) is 4.72 Å². The third-order valence-corrected chi connectivity index (χ3v) is 4.76. The molecule has 2 aromatic rings. The van der Waals surface area contributed by atoms with E-state index in [4.69, 9.17) is 4.74 Å². The number of carbonyl (C=O) groups excluding carboxylic acids is 1. The van der Waals surface area contributed by atoms with Crippen LogP contribution in [-0.4, -0.2) is 28.5 Å². The maximum atomic E-state index is 12.6. The molecule has 0 aliphatic carbocycles. The molecule has 0 bridgehead atoms. The van der Waals surface area contributed by atoms with E-state index in [9.17, 15) is 26.4 Å². The molecule has 0 aliphatic rings. The molecule has 26 heavy (non-hydrogen) atoms. The van der Waals surface area contributed by atoms with E-state index >= 15 is 0 Å². The number of benzene rings is 2. The zero-order valence-corrected chi connectivity index (χ0v) is 14.4. The van der Waals surface area contributed by atoms with Crippen molar-refractivity contribution in [3.8, 4) is 11.5 Å². The van der Waals surface area contributed by atoms with Gasteiger partial charge in [-0.1, -0.05) is 0 Å². The van der Waals surface area contributed by atoms with Gasteiger partial charge in [-0.2, -0.15) is 13.2 Å². The highest BCUT2D eigenvalue weighted by molar-refractivity contribution is 7.89. The van der Waals surface area contributed by atoms with Crippen molar-refractivity contribution >= 4 is 16.0 Å². The average molecular weight is 389 g/mol. The number of esters is 1. The highest BCUT2D eigenvalue weighted by atomic mass is 32.2.